The average molecular weight is 245 g/mol. The molecule has 1 N–H and O–H groups in total. The molecule has 17 heavy (non-hydrogen) atoms. The number of nitrogens with one attached hydrogen (secondary N) is 1. The zero-order valence-electron chi connectivity index (χ0n) is 11.3. The summed E-state index contributed by atoms with van der Waals surface area (Å²) in [6.45, 7) is 10.5. The number of rotatable bonds is 3. The van der Waals surface area contributed by atoms with Gasteiger partial charge in [-0.05, 0) is 34.6 Å². The van der Waals surface area contributed by atoms with Gasteiger partial charge in [0, 0.05) is 0 Å². The molecular formula is C12H23NO4. The first-order valence-electron chi connectivity index (χ1n) is 5.91. The minimum Gasteiger partial charge on any atom is -0.459 e. The lowest BCUT2D eigenvalue weighted by atomic mass is 10.2. The molecule has 1 fully saturated rings. The maximum absolute atomic E-state index is 11.5. The van der Waals surface area contributed by atoms with Crippen LogP contribution in [0.15, 0.2) is 0 Å². The van der Waals surface area contributed by atoms with E-state index in [1.165, 1.54) is 0 Å². The van der Waals surface area contributed by atoms with E-state index in [0.717, 1.165) is 0 Å². The summed E-state index contributed by atoms with van der Waals surface area (Å²) in [6.07, 6.45) is 0. The maximum atomic E-state index is 11.5. The number of carbonyl (C=O) groups excluding carboxylic acids is 1. The Kier molecular flexibility index (Phi) is 4.52. The van der Waals surface area contributed by atoms with E-state index in [0.29, 0.717) is 13.2 Å². The molecule has 0 aliphatic carbocycles. The molecule has 0 atom stereocenters. The highest BCUT2D eigenvalue weighted by Crippen LogP contribution is 2.16. The van der Waals surface area contributed by atoms with Crippen molar-refractivity contribution in [2.24, 2.45) is 0 Å². The van der Waals surface area contributed by atoms with Crippen LogP contribution in [-0.4, -0.2) is 43.2 Å². The van der Waals surface area contributed by atoms with Crippen LogP contribution in [0, 0.1) is 0 Å². The molecule has 1 aliphatic heterocycles. The van der Waals surface area contributed by atoms with Gasteiger partial charge < -0.3 is 14.2 Å². The van der Waals surface area contributed by atoms with Crippen molar-refractivity contribution in [3.05, 3.63) is 0 Å². The van der Waals surface area contributed by atoms with Gasteiger partial charge in [-0.25, -0.2) is 0 Å². The molecule has 0 radical (unpaired) electrons. The van der Waals surface area contributed by atoms with E-state index in [-0.39, 0.29) is 18.6 Å². The Bertz CT molecular complexity index is 260. The highest BCUT2D eigenvalue weighted by Gasteiger charge is 2.28. The normalized spacial score (nSPS) is 21.2. The standard InChI is InChI=1S/C12H23NO4/c1-11(2,3)17-10(14)6-13-9-7-15-12(4,5)16-8-9/h9,13H,6-8H2,1-5H3. The minimum absolute atomic E-state index is 0.0375. The van der Waals surface area contributed by atoms with Crippen LogP contribution in [0.5, 0.6) is 0 Å². The molecule has 0 unspecified atom stereocenters. The van der Waals surface area contributed by atoms with E-state index in [9.17, 15) is 4.79 Å². The lowest BCUT2D eigenvalue weighted by molar-refractivity contribution is -0.252. The Hall–Kier alpha value is -0.650. The fourth-order valence-electron chi connectivity index (χ4n) is 1.42. The molecule has 0 bridgehead atoms. The SMILES string of the molecule is CC(C)(C)OC(=O)CNC1COC(C)(C)OC1. The van der Waals surface area contributed by atoms with Crippen LogP contribution in [0.3, 0.4) is 0 Å². The molecule has 0 aromatic heterocycles. The summed E-state index contributed by atoms with van der Waals surface area (Å²) in [5, 5.41) is 3.06. The zero-order chi connectivity index (χ0) is 13.1. The molecule has 0 amide bonds. The van der Waals surface area contributed by atoms with Crippen molar-refractivity contribution in [3.8, 4) is 0 Å². The van der Waals surface area contributed by atoms with E-state index < -0.39 is 11.4 Å². The summed E-state index contributed by atoms with van der Waals surface area (Å²) in [7, 11) is 0. The van der Waals surface area contributed by atoms with Crippen molar-refractivity contribution >= 4 is 5.97 Å². The second-order valence-electron chi connectivity index (χ2n) is 5.69. The third kappa shape index (κ3) is 6.00. The summed E-state index contributed by atoms with van der Waals surface area (Å²) in [5.41, 5.74) is -0.444. The van der Waals surface area contributed by atoms with Gasteiger partial charge in [0.1, 0.15) is 5.60 Å². The summed E-state index contributed by atoms with van der Waals surface area (Å²) >= 11 is 0. The summed E-state index contributed by atoms with van der Waals surface area (Å²) in [6, 6.07) is 0.0375. The maximum Gasteiger partial charge on any atom is 0.320 e. The van der Waals surface area contributed by atoms with Crippen LogP contribution in [-0.2, 0) is 19.0 Å². The fourth-order valence-corrected chi connectivity index (χ4v) is 1.42. The van der Waals surface area contributed by atoms with Gasteiger partial charge in [0.25, 0.3) is 0 Å². The lowest BCUT2D eigenvalue weighted by Gasteiger charge is -2.35. The topological polar surface area (TPSA) is 56.8 Å². The molecule has 1 aliphatic rings. The van der Waals surface area contributed by atoms with E-state index in [1.54, 1.807) is 0 Å². The van der Waals surface area contributed by atoms with Gasteiger partial charge in [0.05, 0.1) is 25.8 Å². The molecule has 1 rings (SSSR count). The summed E-state index contributed by atoms with van der Waals surface area (Å²) in [5.74, 6) is -0.785. The molecule has 0 aromatic rings. The van der Waals surface area contributed by atoms with Crippen molar-refractivity contribution in [1.29, 1.82) is 0 Å². The van der Waals surface area contributed by atoms with Crippen molar-refractivity contribution in [2.75, 3.05) is 19.8 Å². The molecule has 1 saturated heterocycles. The van der Waals surface area contributed by atoms with E-state index in [1.807, 2.05) is 34.6 Å². The Morgan fingerprint density at radius 1 is 1.35 bits per heavy atom. The number of hydrogen-bond donors (Lipinski definition) is 1. The van der Waals surface area contributed by atoms with Gasteiger partial charge in [0.15, 0.2) is 5.79 Å². The zero-order valence-corrected chi connectivity index (χ0v) is 11.3. The first-order valence-corrected chi connectivity index (χ1v) is 5.91. The molecule has 100 valence electrons. The average Bonchev–Trinajstić information content (AvgIpc) is 2.13. The van der Waals surface area contributed by atoms with Crippen LogP contribution in [0.2, 0.25) is 0 Å². The largest absolute Gasteiger partial charge is 0.459 e. The van der Waals surface area contributed by atoms with Crippen molar-refractivity contribution < 1.29 is 19.0 Å². The van der Waals surface area contributed by atoms with Crippen LogP contribution in [0.1, 0.15) is 34.6 Å². The second kappa shape index (κ2) is 5.33. The summed E-state index contributed by atoms with van der Waals surface area (Å²) < 4.78 is 16.1. The molecule has 0 spiro atoms. The molecular weight excluding hydrogens is 222 g/mol. The quantitative estimate of drug-likeness (QED) is 0.754. The third-order valence-electron chi connectivity index (χ3n) is 2.22. The smallest absolute Gasteiger partial charge is 0.320 e. The van der Waals surface area contributed by atoms with Crippen molar-refractivity contribution in [3.63, 3.8) is 0 Å². The highest BCUT2D eigenvalue weighted by molar-refractivity contribution is 5.72. The number of hydrogen-bond acceptors (Lipinski definition) is 5. The Balaban J connectivity index is 2.22. The number of ether oxygens (including phenoxy) is 3. The van der Waals surface area contributed by atoms with Gasteiger partial charge in [-0.3, -0.25) is 10.1 Å². The van der Waals surface area contributed by atoms with Gasteiger partial charge in [-0.2, -0.15) is 0 Å². The first-order chi connectivity index (χ1) is 7.68. The summed E-state index contributed by atoms with van der Waals surface area (Å²) in [4.78, 5) is 11.5. The van der Waals surface area contributed by atoms with Crippen molar-refractivity contribution in [1.82, 2.24) is 5.32 Å². The van der Waals surface area contributed by atoms with Crippen LogP contribution < -0.4 is 5.32 Å². The molecule has 5 nitrogen and oxygen atoms in total. The fraction of sp³-hybridized carbons (Fsp3) is 0.917. The van der Waals surface area contributed by atoms with Gasteiger partial charge >= 0.3 is 5.97 Å². The van der Waals surface area contributed by atoms with E-state index in [4.69, 9.17) is 14.2 Å². The Morgan fingerprint density at radius 3 is 2.35 bits per heavy atom. The van der Waals surface area contributed by atoms with Gasteiger partial charge in [-0.15, -0.1) is 0 Å². The Morgan fingerprint density at radius 2 is 1.88 bits per heavy atom. The monoisotopic (exact) mass is 245 g/mol. The van der Waals surface area contributed by atoms with Crippen LogP contribution >= 0.6 is 0 Å². The van der Waals surface area contributed by atoms with Crippen LogP contribution in [0.25, 0.3) is 0 Å². The van der Waals surface area contributed by atoms with Crippen molar-refractivity contribution in [2.45, 2.75) is 52.0 Å². The molecule has 0 saturated carbocycles. The minimum atomic E-state index is -0.524. The van der Waals surface area contributed by atoms with Gasteiger partial charge in [-0.1, -0.05) is 0 Å². The van der Waals surface area contributed by atoms with E-state index in [2.05, 4.69) is 5.32 Å². The lowest BCUT2D eigenvalue weighted by Crippen LogP contribution is -2.50. The molecule has 5 heteroatoms. The molecule has 0 aromatic carbocycles. The number of esters is 1. The first kappa shape index (κ1) is 14.4. The molecule has 1 heterocycles. The van der Waals surface area contributed by atoms with Crippen LogP contribution in [0.4, 0.5) is 0 Å². The predicted octanol–water partition coefficient (Wildman–Crippen LogP) is 1.07. The number of carbonyl (C=O) groups is 1. The highest BCUT2D eigenvalue weighted by atomic mass is 16.7. The van der Waals surface area contributed by atoms with E-state index >= 15 is 0 Å². The predicted molar refractivity (Wildman–Crippen MR) is 63.6 cm³/mol. The second-order valence-corrected chi connectivity index (χ2v) is 5.69. The third-order valence-corrected chi connectivity index (χ3v) is 2.22. The Labute approximate surface area is 103 Å². The van der Waals surface area contributed by atoms with Gasteiger partial charge in [0.2, 0.25) is 0 Å².